The third-order valence-corrected chi connectivity index (χ3v) is 7.83. The average molecular weight is 573 g/mol. The molecule has 3 aromatic carbocycles. The fraction of sp³-hybridized carbons (Fsp3) is 0.259. The molecule has 0 saturated heterocycles. The molecule has 0 unspecified atom stereocenters. The second-order valence-corrected chi connectivity index (χ2v) is 12.0. The highest BCUT2D eigenvalue weighted by Crippen LogP contribution is 2.35. The van der Waals surface area contributed by atoms with Gasteiger partial charge in [0, 0.05) is 16.7 Å². The molecule has 1 amide bonds. The van der Waals surface area contributed by atoms with Crippen LogP contribution in [0.2, 0.25) is 5.02 Å². The molecule has 12 heteroatoms. The number of anilines is 1. The molecule has 0 aromatic heterocycles. The number of halogens is 1. The summed E-state index contributed by atoms with van der Waals surface area (Å²) in [5.74, 6) is -0.635. The van der Waals surface area contributed by atoms with E-state index in [1.54, 1.807) is 0 Å². The van der Waals surface area contributed by atoms with Crippen molar-refractivity contribution < 1.29 is 22.9 Å². The van der Waals surface area contributed by atoms with Gasteiger partial charge in [-0.05, 0) is 47.7 Å². The van der Waals surface area contributed by atoms with E-state index >= 15 is 0 Å². The molecule has 3 aromatic rings. The van der Waals surface area contributed by atoms with E-state index in [2.05, 4.69) is 31.3 Å². The maximum absolute atomic E-state index is 13.7. The number of nitro benzene ring substituents is 1. The lowest BCUT2D eigenvalue weighted by molar-refractivity contribution is -0.385. The first-order valence-electron chi connectivity index (χ1n) is 11.8. The monoisotopic (exact) mass is 572 g/mol. The maximum atomic E-state index is 13.7. The number of rotatable bonds is 9. The summed E-state index contributed by atoms with van der Waals surface area (Å²) < 4.78 is 33.5. The molecule has 0 heterocycles. The molecule has 0 aliphatic rings. The highest BCUT2D eigenvalue weighted by molar-refractivity contribution is 7.92. The number of ether oxygens (including phenoxy) is 1. The van der Waals surface area contributed by atoms with Crippen molar-refractivity contribution in [2.24, 2.45) is 5.10 Å². The zero-order valence-electron chi connectivity index (χ0n) is 22.1. The quantitative estimate of drug-likeness (QED) is 0.213. The number of hydrogen-bond donors (Lipinski definition) is 1. The van der Waals surface area contributed by atoms with Gasteiger partial charge in [0.25, 0.3) is 21.6 Å². The van der Waals surface area contributed by atoms with Gasteiger partial charge in [0.15, 0.2) is 0 Å². The minimum absolute atomic E-state index is 0.0158. The molecule has 1 N–H and O–H groups in total. The van der Waals surface area contributed by atoms with Crippen molar-refractivity contribution in [3.8, 4) is 5.75 Å². The molecule has 0 saturated carbocycles. The first kappa shape index (κ1) is 29.6. The second kappa shape index (κ2) is 11.8. The van der Waals surface area contributed by atoms with Crippen LogP contribution in [0.1, 0.15) is 37.5 Å². The average Bonchev–Trinajstić information content (AvgIpc) is 2.87. The molecule has 206 valence electrons. The summed E-state index contributed by atoms with van der Waals surface area (Å²) in [6.45, 7) is 7.08. The molecule has 0 aliphatic heterocycles. The minimum Gasteiger partial charge on any atom is -0.495 e. The molecule has 10 nitrogen and oxygen atoms in total. The summed E-state index contributed by atoms with van der Waals surface area (Å²) in [6, 6.07) is 15.4. The van der Waals surface area contributed by atoms with Crippen LogP contribution in [-0.4, -0.2) is 39.1 Å². The topological polar surface area (TPSA) is 131 Å². The second-order valence-electron chi connectivity index (χ2n) is 9.70. The summed E-state index contributed by atoms with van der Waals surface area (Å²) in [7, 11) is -3.15. The van der Waals surface area contributed by atoms with Crippen molar-refractivity contribution in [2.75, 3.05) is 18.0 Å². The molecule has 0 radical (unpaired) electrons. The number of hydrazone groups is 1. The highest BCUT2D eigenvalue weighted by atomic mass is 35.5. The zero-order valence-corrected chi connectivity index (χ0v) is 23.7. The normalized spacial score (nSPS) is 11.8. The SMILES string of the molecule is COc1ccc(Cl)cc1N(CC(=O)N/N=C\c1ccc(C(C)(C)C)cc1)S(=O)(=O)c1ccc(C)c([N+](=O)[O-])c1. The molecule has 0 spiro atoms. The Labute approximate surface area is 232 Å². The first-order valence-corrected chi connectivity index (χ1v) is 13.6. The molecule has 3 rings (SSSR count). The van der Waals surface area contributed by atoms with Gasteiger partial charge in [0.1, 0.15) is 12.3 Å². The van der Waals surface area contributed by atoms with E-state index in [9.17, 15) is 23.3 Å². The van der Waals surface area contributed by atoms with Crippen LogP contribution in [0.3, 0.4) is 0 Å². The van der Waals surface area contributed by atoms with Gasteiger partial charge >= 0.3 is 0 Å². The Morgan fingerprint density at radius 1 is 1.13 bits per heavy atom. The Morgan fingerprint density at radius 2 is 1.79 bits per heavy atom. The van der Waals surface area contributed by atoms with Gasteiger partial charge in [-0.15, -0.1) is 0 Å². The summed E-state index contributed by atoms with van der Waals surface area (Å²) in [4.78, 5) is 23.3. The smallest absolute Gasteiger partial charge is 0.273 e. The lowest BCUT2D eigenvalue weighted by Gasteiger charge is -2.25. The molecule has 0 fully saturated rings. The number of nitrogens with zero attached hydrogens (tertiary/aromatic N) is 3. The van der Waals surface area contributed by atoms with Gasteiger partial charge in [-0.1, -0.05) is 62.7 Å². The van der Waals surface area contributed by atoms with E-state index in [4.69, 9.17) is 16.3 Å². The Bertz CT molecular complexity index is 1520. The van der Waals surface area contributed by atoms with Gasteiger partial charge in [-0.2, -0.15) is 5.10 Å². The number of benzene rings is 3. The number of methoxy groups -OCH3 is 1. The highest BCUT2D eigenvalue weighted by Gasteiger charge is 2.31. The van der Waals surface area contributed by atoms with Gasteiger partial charge in [0.05, 0.1) is 28.8 Å². The van der Waals surface area contributed by atoms with Crippen LogP contribution >= 0.6 is 11.6 Å². The molecule has 0 aliphatic carbocycles. The number of aryl methyl sites for hydroxylation is 1. The Balaban J connectivity index is 1.94. The van der Waals surface area contributed by atoms with Crippen molar-refractivity contribution in [1.82, 2.24) is 5.43 Å². The fourth-order valence-electron chi connectivity index (χ4n) is 3.65. The van der Waals surface area contributed by atoms with Crippen LogP contribution in [0.15, 0.2) is 70.7 Å². The van der Waals surface area contributed by atoms with Gasteiger partial charge in [-0.25, -0.2) is 13.8 Å². The van der Waals surface area contributed by atoms with Crippen molar-refractivity contribution in [3.63, 3.8) is 0 Å². The van der Waals surface area contributed by atoms with E-state index in [-0.39, 0.29) is 38.0 Å². The van der Waals surface area contributed by atoms with Crippen molar-refractivity contribution in [2.45, 2.75) is 38.0 Å². The molecule has 39 heavy (non-hydrogen) atoms. The van der Waals surface area contributed by atoms with Gasteiger partial charge < -0.3 is 4.74 Å². The minimum atomic E-state index is -4.49. The molecular weight excluding hydrogens is 544 g/mol. The van der Waals surface area contributed by atoms with Crippen molar-refractivity contribution in [3.05, 3.63) is 92.5 Å². The summed E-state index contributed by atoms with van der Waals surface area (Å²) in [5.41, 5.74) is 4.07. The van der Waals surface area contributed by atoms with E-state index in [1.165, 1.54) is 50.6 Å². The lowest BCUT2D eigenvalue weighted by Crippen LogP contribution is -2.39. The van der Waals surface area contributed by atoms with Crippen LogP contribution in [0.5, 0.6) is 5.75 Å². The van der Waals surface area contributed by atoms with Crippen LogP contribution in [-0.2, 0) is 20.2 Å². The Hall–Kier alpha value is -3.96. The predicted molar refractivity (Wildman–Crippen MR) is 151 cm³/mol. The van der Waals surface area contributed by atoms with Crippen molar-refractivity contribution in [1.29, 1.82) is 0 Å². The zero-order chi connectivity index (χ0) is 29.0. The van der Waals surface area contributed by atoms with Crippen LogP contribution in [0, 0.1) is 17.0 Å². The summed E-state index contributed by atoms with van der Waals surface area (Å²) in [5, 5.41) is 15.6. The van der Waals surface area contributed by atoms with Gasteiger partial charge in [-0.3, -0.25) is 19.2 Å². The van der Waals surface area contributed by atoms with Crippen LogP contribution in [0.4, 0.5) is 11.4 Å². The number of carbonyl (C=O) groups is 1. The van der Waals surface area contributed by atoms with Crippen LogP contribution in [0.25, 0.3) is 0 Å². The van der Waals surface area contributed by atoms with E-state index in [1.807, 2.05) is 24.3 Å². The number of sulfonamides is 1. The van der Waals surface area contributed by atoms with Crippen molar-refractivity contribution >= 4 is 45.1 Å². The number of nitrogens with one attached hydrogen (secondary N) is 1. The van der Waals surface area contributed by atoms with E-state index in [0.717, 1.165) is 21.5 Å². The van der Waals surface area contributed by atoms with E-state index in [0.29, 0.717) is 0 Å². The largest absolute Gasteiger partial charge is 0.495 e. The van der Waals surface area contributed by atoms with E-state index < -0.39 is 27.4 Å². The number of hydrogen-bond acceptors (Lipinski definition) is 7. The number of carbonyl (C=O) groups excluding carboxylic acids is 1. The third-order valence-electron chi connectivity index (χ3n) is 5.84. The lowest BCUT2D eigenvalue weighted by atomic mass is 9.87. The summed E-state index contributed by atoms with van der Waals surface area (Å²) in [6.07, 6.45) is 1.44. The molecule has 0 bridgehead atoms. The number of amides is 1. The predicted octanol–water partition coefficient (Wildman–Crippen LogP) is 5.21. The number of nitro groups is 1. The van der Waals surface area contributed by atoms with Gasteiger partial charge in [0.2, 0.25) is 0 Å². The Kier molecular flexibility index (Phi) is 8.98. The molecule has 0 atom stereocenters. The van der Waals surface area contributed by atoms with Crippen LogP contribution < -0.4 is 14.5 Å². The Morgan fingerprint density at radius 3 is 2.38 bits per heavy atom. The summed E-state index contributed by atoms with van der Waals surface area (Å²) >= 11 is 6.14. The molecular formula is C27H29ClN4O6S. The first-order chi connectivity index (χ1) is 18.2. The fourth-order valence-corrected chi connectivity index (χ4v) is 5.26. The third kappa shape index (κ3) is 7.12. The maximum Gasteiger partial charge on any atom is 0.273 e. The standard InChI is InChI=1S/C27H29ClN4O6S/c1-18-6-12-22(15-23(18)32(34)35)39(36,37)31(24-14-21(28)11-13-25(24)38-5)17-26(33)30-29-16-19-7-9-20(10-8-19)27(2,3)4/h6-16H,17H2,1-5H3,(H,30,33)/b29-16-.